The number of rotatable bonds is 4. The molecule has 1 heterocycles. The minimum atomic E-state index is -1.43. The highest BCUT2D eigenvalue weighted by molar-refractivity contribution is 5.83. The molecule has 0 radical (unpaired) electrons. The highest BCUT2D eigenvalue weighted by Gasteiger charge is 2.53. The van der Waals surface area contributed by atoms with Gasteiger partial charge in [-0.25, -0.2) is 4.48 Å². The van der Waals surface area contributed by atoms with Gasteiger partial charge in [0.05, 0.1) is 11.5 Å². The fourth-order valence-electron chi connectivity index (χ4n) is 4.41. The summed E-state index contributed by atoms with van der Waals surface area (Å²) in [6.07, 6.45) is -1.14. The third kappa shape index (κ3) is 3.66. The standard InChI is InChI=1S/C22H24N2O6/c1-14-4-5-16(10-15(14)2)17-11-22(3,20(25)26)13-24(12-17,21(27)28)19-8-6-18(7-9-19)23(29)30/h4-10,17H,11-13H2,1-3H3,(H-,25,26,27,28). The number of nitro groups is 1. The van der Waals surface area contributed by atoms with Crippen LogP contribution in [0, 0.1) is 29.4 Å². The summed E-state index contributed by atoms with van der Waals surface area (Å²) in [6, 6.07) is 11.0. The lowest BCUT2D eigenvalue weighted by atomic mass is 9.73. The summed E-state index contributed by atoms with van der Waals surface area (Å²) in [7, 11) is 0. The lowest BCUT2D eigenvalue weighted by Gasteiger charge is -2.49. The molecule has 30 heavy (non-hydrogen) atoms. The van der Waals surface area contributed by atoms with Crippen molar-refractivity contribution in [3.8, 4) is 0 Å². The topological polar surface area (TPSA) is 121 Å². The van der Waals surface area contributed by atoms with Crippen molar-refractivity contribution in [2.24, 2.45) is 5.41 Å². The number of piperidine rings is 1. The molecular weight excluding hydrogens is 388 g/mol. The monoisotopic (exact) mass is 412 g/mol. The first kappa shape index (κ1) is 21.4. The van der Waals surface area contributed by atoms with Crippen molar-refractivity contribution in [2.75, 3.05) is 13.1 Å². The van der Waals surface area contributed by atoms with Gasteiger partial charge in [-0.2, -0.15) is 0 Å². The second kappa shape index (κ2) is 7.53. The number of nitro benzene ring substituents is 1. The van der Waals surface area contributed by atoms with Gasteiger partial charge in [-0.1, -0.05) is 18.2 Å². The Morgan fingerprint density at radius 1 is 1.13 bits per heavy atom. The van der Waals surface area contributed by atoms with E-state index in [-0.39, 0.29) is 36.8 Å². The summed E-state index contributed by atoms with van der Waals surface area (Å²) in [5, 5.41) is 33.3. The number of carbonyl (C=O) groups excluding carboxylic acids is 1. The van der Waals surface area contributed by atoms with E-state index in [0.717, 1.165) is 16.7 Å². The molecule has 1 aliphatic heterocycles. The molecule has 158 valence electrons. The number of nitrogens with zero attached hydrogens (tertiary/aromatic N) is 2. The zero-order valence-corrected chi connectivity index (χ0v) is 17.1. The minimum absolute atomic E-state index is 0.103. The molecule has 1 fully saturated rings. The Balaban J connectivity index is 2.14. The van der Waals surface area contributed by atoms with Crippen LogP contribution in [0.3, 0.4) is 0 Å². The normalized spacial score (nSPS) is 26.2. The van der Waals surface area contributed by atoms with Crippen LogP contribution in [0.25, 0.3) is 0 Å². The summed E-state index contributed by atoms with van der Waals surface area (Å²) in [5.41, 5.74) is 1.78. The number of likely N-dealkylation sites (tertiary alicyclic amines) is 1. The number of aryl methyl sites for hydroxylation is 2. The van der Waals surface area contributed by atoms with E-state index >= 15 is 0 Å². The van der Waals surface area contributed by atoms with Crippen LogP contribution in [0.15, 0.2) is 42.5 Å². The Labute approximate surface area is 174 Å². The molecule has 0 aromatic heterocycles. The molecule has 3 atom stereocenters. The van der Waals surface area contributed by atoms with Crippen LogP contribution in [0.1, 0.15) is 36.0 Å². The first-order chi connectivity index (χ1) is 14.0. The molecule has 0 bridgehead atoms. The van der Waals surface area contributed by atoms with Crippen LogP contribution in [0.2, 0.25) is 0 Å². The number of amides is 1. The van der Waals surface area contributed by atoms with Crippen molar-refractivity contribution in [3.63, 3.8) is 0 Å². The zero-order chi connectivity index (χ0) is 22.3. The lowest BCUT2D eigenvalue weighted by Crippen LogP contribution is -2.68. The molecule has 3 rings (SSSR count). The number of aliphatic carboxylic acids is 1. The predicted octanol–water partition coefficient (Wildman–Crippen LogP) is 3.14. The van der Waals surface area contributed by atoms with E-state index in [9.17, 15) is 29.9 Å². The third-order valence-electron chi connectivity index (χ3n) is 6.27. The molecule has 1 amide bonds. The van der Waals surface area contributed by atoms with Crippen LogP contribution >= 0.6 is 0 Å². The van der Waals surface area contributed by atoms with Gasteiger partial charge in [-0.05, 0) is 43.9 Å². The van der Waals surface area contributed by atoms with E-state index in [4.69, 9.17) is 0 Å². The smallest absolute Gasteiger partial charge is 0.315 e. The number of hydrogen-bond donors (Lipinski definition) is 1. The number of benzene rings is 2. The Bertz CT molecular complexity index is 1020. The van der Waals surface area contributed by atoms with E-state index in [2.05, 4.69) is 0 Å². The lowest BCUT2D eigenvalue weighted by molar-refractivity contribution is -0.384. The summed E-state index contributed by atoms with van der Waals surface area (Å²) in [6.45, 7) is 5.37. The molecule has 0 aliphatic carbocycles. The van der Waals surface area contributed by atoms with E-state index in [1.54, 1.807) is 6.92 Å². The number of carboxylic acids is 1. The van der Waals surface area contributed by atoms with Gasteiger partial charge >= 0.3 is 5.97 Å². The van der Waals surface area contributed by atoms with Crippen LogP contribution in [-0.2, 0) is 4.79 Å². The highest BCUT2D eigenvalue weighted by Crippen LogP contribution is 2.44. The molecule has 8 nitrogen and oxygen atoms in total. The average molecular weight is 412 g/mol. The maximum Gasteiger partial charge on any atom is 0.315 e. The minimum Gasteiger partial charge on any atom is -0.498 e. The summed E-state index contributed by atoms with van der Waals surface area (Å²) in [4.78, 5) is 35.0. The van der Waals surface area contributed by atoms with Crippen LogP contribution in [0.5, 0.6) is 0 Å². The van der Waals surface area contributed by atoms with Gasteiger partial charge in [0.15, 0.2) is 0 Å². The molecule has 1 saturated heterocycles. The van der Waals surface area contributed by atoms with Gasteiger partial charge < -0.3 is 15.0 Å². The molecule has 0 saturated carbocycles. The zero-order valence-electron chi connectivity index (χ0n) is 17.1. The summed E-state index contributed by atoms with van der Waals surface area (Å²) < 4.78 is -0.710. The van der Waals surface area contributed by atoms with Crippen molar-refractivity contribution >= 4 is 23.4 Å². The first-order valence-electron chi connectivity index (χ1n) is 9.63. The molecule has 8 heteroatoms. The maximum atomic E-state index is 12.4. The fourth-order valence-corrected chi connectivity index (χ4v) is 4.41. The van der Waals surface area contributed by atoms with Gasteiger partial charge in [-0.15, -0.1) is 0 Å². The SMILES string of the molecule is Cc1ccc(C2CC(C)(C(=O)O)C[N+](C(=O)[O-])(c3ccc([N+](=O)[O-])cc3)C2)cc1C. The average Bonchev–Trinajstić information content (AvgIpc) is 2.69. The van der Waals surface area contributed by atoms with Crippen molar-refractivity contribution in [3.05, 3.63) is 69.3 Å². The van der Waals surface area contributed by atoms with Crippen molar-refractivity contribution in [1.29, 1.82) is 0 Å². The molecule has 1 aliphatic rings. The third-order valence-corrected chi connectivity index (χ3v) is 6.27. The highest BCUT2D eigenvalue weighted by atomic mass is 16.6. The van der Waals surface area contributed by atoms with Crippen LogP contribution in [-0.4, -0.2) is 35.2 Å². The molecule has 0 spiro atoms. The van der Waals surface area contributed by atoms with Crippen molar-refractivity contribution in [1.82, 2.24) is 4.48 Å². The number of carbonyl (C=O) groups is 2. The first-order valence-corrected chi connectivity index (χ1v) is 9.63. The van der Waals surface area contributed by atoms with Crippen molar-refractivity contribution < 1.29 is 24.7 Å². The van der Waals surface area contributed by atoms with Crippen LogP contribution < -0.4 is 9.59 Å². The number of quaternary nitrogens is 1. The van der Waals surface area contributed by atoms with Crippen molar-refractivity contribution in [2.45, 2.75) is 33.1 Å². The quantitative estimate of drug-likeness (QED) is 0.468. The second-order valence-electron chi connectivity index (χ2n) is 8.46. The number of hydrogen-bond acceptors (Lipinski definition) is 5. The van der Waals surface area contributed by atoms with Gasteiger partial charge in [0.1, 0.15) is 17.6 Å². The molecular formula is C22H24N2O6. The van der Waals surface area contributed by atoms with E-state index in [0.29, 0.717) is 0 Å². The van der Waals surface area contributed by atoms with Gasteiger partial charge in [0.25, 0.3) is 11.8 Å². The predicted molar refractivity (Wildman–Crippen MR) is 109 cm³/mol. The number of carboxylic acid groups (broad SMARTS) is 2. The molecule has 2 aromatic carbocycles. The summed E-state index contributed by atoms with van der Waals surface area (Å²) in [5.74, 6) is -1.42. The van der Waals surface area contributed by atoms with Gasteiger partial charge in [0.2, 0.25) is 0 Å². The van der Waals surface area contributed by atoms with E-state index in [1.807, 2.05) is 32.0 Å². The number of non-ortho nitro benzene ring substituents is 1. The van der Waals surface area contributed by atoms with Crippen LogP contribution in [0.4, 0.5) is 16.2 Å². The van der Waals surface area contributed by atoms with E-state index in [1.165, 1.54) is 24.3 Å². The maximum absolute atomic E-state index is 12.4. The summed E-state index contributed by atoms with van der Waals surface area (Å²) >= 11 is 0. The molecule has 2 aromatic rings. The Morgan fingerprint density at radius 3 is 2.27 bits per heavy atom. The largest absolute Gasteiger partial charge is 0.498 e. The van der Waals surface area contributed by atoms with Gasteiger partial charge in [0, 0.05) is 30.2 Å². The Kier molecular flexibility index (Phi) is 5.38. The van der Waals surface area contributed by atoms with Gasteiger partial charge in [-0.3, -0.25) is 14.9 Å². The fraction of sp³-hybridized carbons (Fsp3) is 0.364. The van der Waals surface area contributed by atoms with E-state index < -0.39 is 26.9 Å². The second-order valence-corrected chi connectivity index (χ2v) is 8.46. The molecule has 3 unspecified atom stereocenters. The molecule has 1 N–H and O–H groups in total. The Morgan fingerprint density at radius 2 is 1.77 bits per heavy atom. The Hall–Kier alpha value is -3.26.